The largest absolute Gasteiger partial charge is 0.398 e. The number of sulfonamides is 1. The van der Waals surface area contributed by atoms with Crippen molar-refractivity contribution >= 4 is 27.3 Å². The molecule has 0 bridgehead atoms. The minimum absolute atomic E-state index is 0.0396. The summed E-state index contributed by atoms with van der Waals surface area (Å²) < 4.78 is 27.0. The fraction of sp³-hybridized carbons (Fsp3) is 0.500. The second-order valence-electron chi connectivity index (χ2n) is 4.81. The van der Waals surface area contributed by atoms with Crippen molar-refractivity contribution in [3.8, 4) is 0 Å². The lowest BCUT2D eigenvalue weighted by Crippen LogP contribution is -2.34. The molecular formula is C12H19ClN2O2S. The van der Waals surface area contributed by atoms with Gasteiger partial charge in [-0.25, -0.2) is 13.1 Å². The van der Waals surface area contributed by atoms with E-state index >= 15 is 0 Å². The van der Waals surface area contributed by atoms with E-state index in [9.17, 15) is 8.42 Å². The number of nitrogens with two attached hydrogens (primary N) is 1. The van der Waals surface area contributed by atoms with E-state index in [0.717, 1.165) is 6.42 Å². The smallest absolute Gasteiger partial charge is 0.244 e. The van der Waals surface area contributed by atoms with Crippen molar-refractivity contribution in [2.75, 3.05) is 5.73 Å². The van der Waals surface area contributed by atoms with Crippen LogP contribution in [0.1, 0.15) is 27.2 Å². The molecule has 1 unspecified atom stereocenters. The Hall–Kier alpha value is -0.780. The molecule has 0 aliphatic heterocycles. The van der Waals surface area contributed by atoms with E-state index in [4.69, 9.17) is 17.3 Å². The molecule has 1 rings (SSSR count). The van der Waals surface area contributed by atoms with E-state index in [2.05, 4.69) is 4.72 Å². The van der Waals surface area contributed by atoms with Crippen molar-refractivity contribution in [1.29, 1.82) is 0 Å². The van der Waals surface area contributed by atoms with Gasteiger partial charge in [0.1, 0.15) is 4.90 Å². The topological polar surface area (TPSA) is 72.2 Å². The quantitative estimate of drug-likeness (QED) is 0.819. The van der Waals surface area contributed by atoms with Crippen LogP contribution >= 0.6 is 11.6 Å². The fourth-order valence-corrected chi connectivity index (χ4v) is 3.82. The summed E-state index contributed by atoms with van der Waals surface area (Å²) in [7, 11) is -3.67. The van der Waals surface area contributed by atoms with Gasteiger partial charge in [0.2, 0.25) is 10.0 Å². The van der Waals surface area contributed by atoms with Crippen molar-refractivity contribution in [3.63, 3.8) is 0 Å². The zero-order valence-electron chi connectivity index (χ0n) is 10.8. The lowest BCUT2D eigenvalue weighted by atomic mass is 10.1. The maximum absolute atomic E-state index is 12.2. The van der Waals surface area contributed by atoms with Crippen molar-refractivity contribution in [1.82, 2.24) is 4.72 Å². The lowest BCUT2D eigenvalue weighted by molar-refractivity contribution is 0.482. The van der Waals surface area contributed by atoms with Gasteiger partial charge in [-0.2, -0.15) is 0 Å². The van der Waals surface area contributed by atoms with Gasteiger partial charge in [0, 0.05) is 6.04 Å². The van der Waals surface area contributed by atoms with Gasteiger partial charge in [-0.15, -0.1) is 0 Å². The van der Waals surface area contributed by atoms with E-state index in [0.29, 0.717) is 5.92 Å². The maximum atomic E-state index is 12.2. The Bertz CT molecular complexity index is 495. The molecule has 0 spiro atoms. The molecule has 1 aromatic carbocycles. The van der Waals surface area contributed by atoms with Gasteiger partial charge in [0.05, 0.1) is 10.7 Å². The fourth-order valence-electron chi connectivity index (χ4n) is 1.89. The number of nitrogens with one attached hydrogen (secondary N) is 1. The number of anilines is 1. The van der Waals surface area contributed by atoms with Gasteiger partial charge in [-0.05, 0) is 31.4 Å². The molecule has 18 heavy (non-hydrogen) atoms. The first-order valence-electron chi connectivity index (χ1n) is 5.80. The Morgan fingerprint density at radius 2 is 1.94 bits per heavy atom. The van der Waals surface area contributed by atoms with Crippen LogP contribution in [0.2, 0.25) is 5.02 Å². The molecule has 3 N–H and O–H groups in total. The Labute approximate surface area is 114 Å². The molecule has 0 saturated heterocycles. The van der Waals surface area contributed by atoms with E-state index in [1.165, 1.54) is 12.1 Å². The molecule has 6 heteroatoms. The van der Waals surface area contributed by atoms with Gasteiger partial charge in [-0.3, -0.25) is 0 Å². The SMILES string of the molecule is CC(C)CC(C)NS(=O)(=O)c1c(N)cccc1Cl. The van der Waals surface area contributed by atoms with Gasteiger partial charge in [-0.1, -0.05) is 31.5 Å². The molecule has 0 aromatic heterocycles. The molecule has 0 saturated carbocycles. The predicted molar refractivity (Wildman–Crippen MR) is 75.1 cm³/mol. The van der Waals surface area contributed by atoms with Crippen LogP contribution in [0.25, 0.3) is 0 Å². The van der Waals surface area contributed by atoms with Gasteiger partial charge in [0.15, 0.2) is 0 Å². The molecule has 0 aliphatic rings. The minimum Gasteiger partial charge on any atom is -0.398 e. The van der Waals surface area contributed by atoms with Gasteiger partial charge in [0.25, 0.3) is 0 Å². The molecule has 0 aliphatic carbocycles. The van der Waals surface area contributed by atoms with E-state index in [-0.39, 0.29) is 21.6 Å². The summed E-state index contributed by atoms with van der Waals surface area (Å²) in [6.07, 6.45) is 0.754. The Kier molecular flexibility index (Phi) is 5.01. The molecule has 0 heterocycles. The van der Waals surface area contributed by atoms with Crippen LogP contribution in [0, 0.1) is 5.92 Å². The standard InChI is InChI=1S/C12H19ClN2O2S/c1-8(2)7-9(3)15-18(16,17)12-10(13)5-4-6-11(12)14/h4-6,8-9,15H,7,14H2,1-3H3. The number of nitrogen functional groups attached to an aromatic ring is 1. The molecular weight excluding hydrogens is 272 g/mol. The Morgan fingerprint density at radius 3 is 2.44 bits per heavy atom. The first-order chi connectivity index (χ1) is 8.24. The van der Waals surface area contributed by atoms with E-state index in [1.807, 2.05) is 20.8 Å². The average Bonchev–Trinajstić information content (AvgIpc) is 2.13. The van der Waals surface area contributed by atoms with Crippen LogP contribution in [0.3, 0.4) is 0 Å². The summed E-state index contributed by atoms with van der Waals surface area (Å²) in [6.45, 7) is 5.90. The van der Waals surface area contributed by atoms with Crippen LogP contribution in [0.5, 0.6) is 0 Å². The van der Waals surface area contributed by atoms with E-state index < -0.39 is 10.0 Å². The molecule has 102 valence electrons. The van der Waals surface area contributed by atoms with Crippen molar-refractivity contribution in [2.45, 2.75) is 38.1 Å². The zero-order valence-corrected chi connectivity index (χ0v) is 12.3. The van der Waals surface area contributed by atoms with Crippen molar-refractivity contribution in [2.24, 2.45) is 5.92 Å². The molecule has 0 radical (unpaired) electrons. The molecule has 4 nitrogen and oxygen atoms in total. The second kappa shape index (κ2) is 5.91. The van der Waals surface area contributed by atoms with Gasteiger partial charge < -0.3 is 5.73 Å². The third kappa shape index (κ3) is 3.86. The number of benzene rings is 1. The maximum Gasteiger partial charge on any atom is 0.244 e. The number of halogens is 1. The van der Waals surface area contributed by atoms with Crippen molar-refractivity contribution < 1.29 is 8.42 Å². The van der Waals surface area contributed by atoms with Crippen molar-refractivity contribution in [3.05, 3.63) is 23.2 Å². The highest BCUT2D eigenvalue weighted by Gasteiger charge is 2.23. The predicted octanol–water partition coefficient (Wildman–Crippen LogP) is 2.64. The highest BCUT2D eigenvalue weighted by molar-refractivity contribution is 7.89. The van der Waals surface area contributed by atoms with E-state index in [1.54, 1.807) is 6.07 Å². The van der Waals surface area contributed by atoms with Crippen LogP contribution in [-0.4, -0.2) is 14.5 Å². The summed E-state index contributed by atoms with van der Waals surface area (Å²) in [6, 6.07) is 4.49. The van der Waals surface area contributed by atoms with Crippen LogP contribution in [-0.2, 0) is 10.0 Å². The minimum atomic E-state index is -3.67. The first-order valence-corrected chi connectivity index (χ1v) is 7.66. The Balaban J connectivity index is 3.00. The highest BCUT2D eigenvalue weighted by atomic mass is 35.5. The van der Waals surface area contributed by atoms with Crippen LogP contribution < -0.4 is 10.5 Å². The molecule has 0 amide bonds. The number of hydrogen-bond acceptors (Lipinski definition) is 3. The van der Waals surface area contributed by atoms with Crippen LogP contribution in [0.4, 0.5) is 5.69 Å². The summed E-state index contributed by atoms with van der Waals surface area (Å²) in [5.74, 6) is 0.409. The lowest BCUT2D eigenvalue weighted by Gasteiger charge is -2.17. The Morgan fingerprint density at radius 1 is 1.33 bits per heavy atom. The molecule has 0 fully saturated rings. The van der Waals surface area contributed by atoms with Gasteiger partial charge >= 0.3 is 0 Å². The second-order valence-corrected chi connectivity index (χ2v) is 6.87. The molecule has 1 aromatic rings. The summed E-state index contributed by atoms with van der Waals surface area (Å²) in [5.41, 5.74) is 5.84. The monoisotopic (exact) mass is 290 g/mol. The number of hydrogen-bond donors (Lipinski definition) is 2. The highest BCUT2D eigenvalue weighted by Crippen LogP contribution is 2.27. The summed E-state index contributed by atoms with van der Waals surface area (Å²) >= 11 is 5.90. The molecule has 1 atom stereocenters. The number of rotatable bonds is 5. The zero-order chi connectivity index (χ0) is 13.9. The normalized spacial score (nSPS) is 13.8. The first kappa shape index (κ1) is 15.3. The average molecular weight is 291 g/mol. The third-order valence-corrected chi connectivity index (χ3v) is 4.58. The summed E-state index contributed by atoms with van der Waals surface area (Å²) in [5, 5.41) is 0.138. The van der Waals surface area contributed by atoms with Crippen LogP contribution in [0.15, 0.2) is 23.1 Å². The third-order valence-electron chi connectivity index (χ3n) is 2.45. The summed E-state index contributed by atoms with van der Waals surface area (Å²) in [4.78, 5) is -0.0396.